The fraction of sp³-hybridized carbons (Fsp3) is 0.118. The molecule has 2 heterocycles. The normalized spacial score (nSPS) is 10.4. The first-order chi connectivity index (χ1) is 12.5. The van der Waals surface area contributed by atoms with Crippen molar-refractivity contribution in [1.29, 1.82) is 0 Å². The van der Waals surface area contributed by atoms with Gasteiger partial charge in [-0.25, -0.2) is 14.2 Å². The molecular weight excluding hydrogens is 379 g/mol. The highest BCUT2D eigenvalue weighted by molar-refractivity contribution is 7.18. The number of thiazole rings is 1. The van der Waals surface area contributed by atoms with Crippen LogP contribution in [-0.2, 0) is 11.3 Å². The first-order valence-electron chi connectivity index (χ1n) is 7.37. The molecule has 1 amide bonds. The quantitative estimate of drug-likeness (QED) is 0.643. The van der Waals surface area contributed by atoms with E-state index in [-0.39, 0.29) is 24.0 Å². The smallest absolute Gasteiger partial charge is 0.348 e. The zero-order valence-electron chi connectivity index (χ0n) is 13.5. The van der Waals surface area contributed by atoms with Crippen LogP contribution in [0.2, 0.25) is 0 Å². The molecule has 3 rings (SSSR count). The van der Waals surface area contributed by atoms with Crippen LogP contribution in [0.25, 0.3) is 0 Å². The van der Waals surface area contributed by atoms with Gasteiger partial charge in [-0.1, -0.05) is 0 Å². The van der Waals surface area contributed by atoms with E-state index in [0.29, 0.717) is 20.6 Å². The lowest BCUT2D eigenvalue weighted by Crippen LogP contribution is -2.11. The van der Waals surface area contributed by atoms with Crippen molar-refractivity contribution in [2.45, 2.75) is 6.61 Å². The lowest BCUT2D eigenvalue weighted by Gasteiger charge is -2.03. The van der Waals surface area contributed by atoms with Gasteiger partial charge in [0.25, 0.3) is 5.91 Å². The number of hydrogen-bond acceptors (Lipinski definition) is 7. The molecular formula is C17H13FN2O4S2. The van der Waals surface area contributed by atoms with Crippen LogP contribution in [0.15, 0.2) is 41.8 Å². The molecule has 0 unspecified atom stereocenters. The van der Waals surface area contributed by atoms with Crippen LogP contribution >= 0.6 is 22.7 Å². The van der Waals surface area contributed by atoms with Gasteiger partial charge in [0.1, 0.15) is 33.8 Å². The molecule has 0 aliphatic heterocycles. The molecule has 0 aliphatic rings. The highest BCUT2D eigenvalue weighted by Gasteiger charge is 2.14. The Morgan fingerprint density at radius 1 is 1.19 bits per heavy atom. The highest BCUT2D eigenvalue weighted by atomic mass is 32.1. The molecule has 3 aromatic rings. The van der Waals surface area contributed by atoms with E-state index in [4.69, 9.17) is 4.74 Å². The van der Waals surface area contributed by atoms with Gasteiger partial charge in [-0.15, -0.1) is 22.7 Å². The molecule has 1 aromatic carbocycles. The minimum Gasteiger partial charge on any atom is -0.486 e. The summed E-state index contributed by atoms with van der Waals surface area (Å²) in [5.74, 6) is -0.659. The second-order valence-corrected chi connectivity index (χ2v) is 7.01. The largest absolute Gasteiger partial charge is 0.486 e. The minimum absolute atomic E-state index is 0.176. The Balaban J connectivity index is 1.58. The number of nitrogens with one attached hydrogen (secondary N) is 1. The molecule has 0 atom stereocenters. The van der Waals surface area contributed by atoms with Crippen molar-refractivity contribution in [3.05, 3.63) is 63.2 Å². The van der Waals surface area contributed by atoms with Gasteiger partial charge in [0, 0.05) is 5.38 Å². The van der Waals surface area contributed by atoms with Crippen molar-refractivity contribution in [2.24, 2.45) is 0 Å². The Bertz CT molecular complexity index is 921. The van der Waals surface area contributed by atoms with Crippen LogP contribution in [0.4, 0.5) is 9.39 Å². The number of benzene rings is 1. The van der Waals surface area contributed by atoms with Gasteiger partial charge in [0.05, 0.1) is 12.1 Å². The van der Waals surface area contributed by atoms with Gasteiger partial charge in [0.15, 0.2) is 0 Å². The number of methoxy groups -OCH3 is 1. The van der Waals surface area contributed by atoms with E-state index in [9.17, 15) is 14.0 Å². The van der Waals surface area contributed by atoms with Gasteiger partial charge >= 0.3 is 5.97 Å². The Morgan fingerprint density at radius 3 is 2.69 bits per heavy atom. The van der Waals surface area contributed by atoms with E-state index in [1.165, 1.54) is 42.7 Å². The summed E-state index contributed by atoms with van der Waals surface area (Å²) >= 11 is 2.40. The van der Waals surface area contributed by atoms with E-state index >= 15 is 0 Å². The summed E-state index contributed by atoms with van der Waals surface area (Å²) in [4.78, 5) is 28.3. The number of esters is 1. The fourth-order valence-electron chi connectivity index (χ4n) is 1.95. The van der Waals surface area contributed by atoms with Crippen LogP contribution in [0.1, 0.15) is 25.2 Å². The topological polar surface area (TPSA) is 77.5 Å². The summed E-state index contributed by atoms with van der Waals surface area (Å²) in [6, 6.07) is 8.85. The molecule has 2 aromatic heterocycles. The summed E-state index contributed by atoms with van der Waals surface area (Å²) in [6.45, 7) is 0.176. The molecule has 0 aliphatic carbocycles. The molecule has 9 heteroatoms. The second-order valence-electron chi connectivity index (χ2n) is 4.98. The van der Waals surface area contributed by atoms with Crippen LogP contribution < -0.4 is 10.1 Å². The third kappa shape index (κ3) is 4.44. The molecule has 134 valence electrons. The van der Waals surface area contributed by atoms with Crippen LogP contribution in [-0.4, -0.2) is 24.0 Å². The average molecular weight is 392 g/mol. The number of thiophene rings is 1. The number of hydrogen-bond donors (Lipinski definition) is 1. The molecule has 0 saturated carbocycles. The van der Waals surface area contributed by atoms with E-state index in [0.717, 1.165) is 11.3 Å². The zero-order chi connectivity index (χ0) is 18.5. The van der Waals surface area contributed by atoms with Crippen LogP contribution in [0, 0.1) is 5.82 Å². The third-order valence-electron chi connectivity index (χ3n) is 3.19. The summed E-state index contributed by atoms with van der Waals surface area (Å²) in [6.07, 6.45) is 0. The Morgan fingerprint density at radius 2 is 1.96 bits per heavy atom. The number of amides is 1. The SMILES string of the molecule is COC(=O)c1ccc(NC(=O)c2csc(COc3ccc(F)cc3)n2)s1. The van der Waals surface area contributed by atoms with Crippen molar-refractivity contribution in [2.75, 3.05) is 12.4 Å². The second kappa shape index (κ2) is 8.07. The first-order valence-corrected chi connectivity index (χ1v) is 9.07. The molecule has 0 spiro atoms. The molecule has 0 radical (unpaired) electrons. The van der Waals surface area contributed by atoms with Gasteiger partial charge in [-0.05, 0) is 36.4 Å². The predicted octanol–water partition coefficient (Wildman–Crippen LogP) is 3.96. The zero-order valence-corrected chi connectivity index (χ0v) is 15.2. The maximum absolute atomic E-state index is 12.9. The monoisotopic (exact) mass is 392 g/mol. The van der Waals surface area contributed by atoms with E-state index in [2.05, 4.69) is 15.0 Å². The number of nitrogens with zero attached hydrogens (tertiary/aromatic N) is 1. The number of aromatic nitrogens is 1. The minimum atomic E-state index is -0.454. The van der Waals surface area contributed by atoms with Crippen molar-refractivity contribution < 1.29 is 23.5 Å². The molecule has 6 nitrogen and oxygen atoms in total. The lowest BCUT2D eigenvalue weighted by atomic mass is 10.3. The predicted molar refractivity (Wildman–Crippen MR) is 96.5 cm³/mol. The number of anilines is 1. The summed E-state index contributed by atoms with van der Waals surface area (Å²) < 4.78 is 23.0. The summed E-state index contributed by atoms with van der Waals surface area (Å²) in [5.41, 5.74) is 0.251. The van der Waals surface area contributed by atoms with Crippen molar-refractivity contribution in [1.82, 2.24) is 4.98 Å². The van der Waals surface area contributed by atoms with E-state index in [1.54, 1.807) is 17.5 Å². The number of carbonyl (C=O) groups is 2. The summed E-state index contributed by atoms with van der Waals surface area (Å²) in [7, 11) is 1.30. The Kier molecular flexibility index (Phi) is 5.59. The van der Waals surface area contributed by atoms with Gasteiger partial charge in [-0.3, -0.25) is 4.79 Å². The van der Waals surface area contributed by atoms with E-state index < -0.39 is 5.97 Å². The molecule has 1 N–H and O–H groups in total. The van der Waals surface area contributed by atoms with Crippen molar-refractivity contribution in [3.8, 4) is 5.75 Å². The van der Waals surface area contributed by atoms with Gasteiger partial charge in [0.2, 0.25) is 0 Å². The number of carbonyl (C=O) groups excluding carboxylic acids is 2. The average Bonchev–Trinajstić information content (AvgIpc) is 3.30. The Hall–Kier alpha value is -2.78. The maximum atomic E-state index is 12.9. The molecule has 0 bridgehead atoms. The van der Waals surface area contributed by atoms with Crippen LogP contribution in [0.5, 0.6) is 5.75 Å². The number of ether oxygens (including phenoxy) is 2. The lowest BCUT2D eigenvalue weighted by molar-refractivity contribution is 0.0606. The molecule has 26 heavy (non-hydrogen) atoms. The maximum Gasteiger partial charge on any atom is 0.348 e. The fourth-order valence-corrected chi connectivity index (χ4v) is 3.45. The van der Waals surface area contributed by atoms with Crippen molar-refractivity contribution in [3.63, 3.8) is 0 Å². The molecule has 0 fully saturated rings. The molecule has 0 saturated heterocycles. The first kappa shape index (κ1) is 18.0. The number of halogens is 1. The van der Waals surface area contributed by atoms with E-state index in [1.807, 2.05) is 0 Å². The third-order valence-corrected chi connectivity index (χ3v) is 4.99. The Labute approximate surface area is 156 Å². The number of rotatable bonds is 6. The van der Waals surface area contributed by atoms with Crippen LogP contribution in [0.3, 0.4) is 0 Å². The summed E-state index contributed by atoms with van der Waals surface area (Å²) in [5, 5.41) is 5.44. The van der Waals surface area contributed by atoms with Gasteiger partial charge in [-0.2, -0.15) is 0 Å². The standard InChI is InChI=1S/C17H13FN2O4S2/c1-23-17(22)13-6-7-14(26-13)20-16(21)12-9-25-15(19-12)8-24-11-4-2-10(18)3-5-11/h2-7,9H,8H2,1H3,(H,20,21). The van der Waals surface area contributed by atoms with Gasteiger partial charge < -0.3 is 14.8 Å². The van der Waals surface area contributed by atoms with Crippen molar-refractivity contribution >= 4 is 39.6 Å². The highest BCUT2D eigenvalue weighted by Crippen LogP contribution is 2.23.